The molecule has 0 amide bonds. The topological polar surface area (TPSA) is 41.5 Å². The summed E-state index contributed by atoms with van der Waals surface area (Å²) >= 11 is 0. The van der Waals surface area contributed by atoms with E-state index >= 15 is 0 Å². The van der Waals surface area contributed by atoms with Crippen LogP contribution in [-0.2, 0) is 0 Å². The number of hydrogen-bond acceptors (Lipinski definition) is 3. The summed E-state index contributed by atoms with van der Waals surface area (Å²) in [6, 6.07) is 4.29. The molecule has 0 aliphatic carbocycles. The Balaban J connectivity index is 2.50. The highest BCUT2D eigenvalue weighted by atomic mass is 16.5. The molecule has 1 atom stereocenters. The van der Waals surface area contributed by atoms with Crippen molar-refractivity contribution in [3.8, 4) is 5.75 Å². The lowest BCUT2D eigenvalue weighted by Crippen LogP contribution is -2.43. The minimum absolute atomic E-state index is 0.145. The third-order valence-electron chi connectivity index (χ3n) is 3.68. The average molecular weight is 265 g/mol. The Morgan fingerprint density at radius 3 is 2.26 bits per heavy atom. The van der Waals surface area contributed by atoms with Gasteiger partial charge in [-0.05, 0) is 58.7 Å². The maximum atomic E-state index is 9.32. The molecule has 0 aliphatic heterocycles. The molecule has 1 rings (SSSR count). The molecule has 0 saturated carbocycles. The summed E-state index contributed by atoms with van der Waals surface area (Å²) in [5, 5.41) is 12.5. The first-order chi connectivity index (χ1) is 8.91. The Morgan fingerprint density at radius 1 is 1.21 bits per heavy atom. The van der Waals surface area contributed by atoms with Crippen molar-refractivity contribution >= 4 is 0 Å². The summed E-state index contributed by atoms with van der Waals surface area (Å²) in [7, 11) is 1.88. The van der Waals surface area contributed by atoms with Crippen molar-refractivity contribution in [2.75, 3.05) is 20.3 Å². The van der Waals surface area contributed by atoms with Crippen molar-refractivity contribution in [2.24, 2.45) is 0 Å². The van der Waals surface area contributed by atoms with Gasteiger partial charge in [0.15, 0.2) is 0 Å². The molecule has 0 radical (unpaired) electrons. The van der Waals surface area contributed by atoms with Crippen LogP contribution in [0.5, 0.6) is 5.75 Å². The molecule has 1 unspecified atom stereocenters. The van der Waals surface area contributed by atoms with Crippen LogP contribution in [0.25, 0.3) is 0 Å². The largest absolute Gasteiger partial charge is 0.493 e. The van der Waals surface area contributed by atoms with Gasteiger partial charge in [-0.15, -0.1) is 0 Å². The Bertz CT molecular complexity index is 388. The van der Waals surface area contributed by atoms with E-state index in [9.17, 15) is 5.11 Å². The van der Waals surface area contributed by atoms with E-state index in [1.165, 1.54) is 16.7 Å². The predicted molar refractivity (Wildman–Crippen MR) is 79.9 cm³/mol. The van der Waals surface area contributed by atoms with Gasteiger partial charge in [0.2, 0.25) is 0 Å². The fourth-order valence-electron chi connectivity index (χ4n) is 2.31. The van der Waals surface area contributed by atoms with E-state index in [1.54, 1.807) is 0 Å². The zero-order valence-corrected chi connectivity index (χ0v) is 12.8. The van der Waals surface area contributed by atoms with Crippen molar-refractivity contribution in [3.05, 3.63) is 28.8 Å². The van der Waals surface area contributed by atoms with Crippen molar-refractivity contribution < 1.29 is 9.84 Å². The number of aliphatic hydroxyl groups excluding tert-OH is 1. The van der Waals surface area contributed by atoms with E-state index in [4.69, 9.17) is 4.74 Å². The predicted octanol–water partition coefficient (Wildman–Crippen LogP) is 2.74. The van der Waals surface area contributed by atoms with E-state index in [0.29, 0.717) is 6.61 Å². The molecule has 1 aromatic rings. The molecule has 3 nitrogen and oxygen atoms in total. The summed E-state index contributed by atoms with van der Waals surface area (Å²) in [5.74, 6) is 1.00. The fourth-order valence-corrected chi connectivity index (χ4v) is 2.31. The highest BCUT2D eigenvalue weighted by Gasteiger charge is 2.19. The lowest BCUT2D eigenvalue weighted by Gasteiger charge is -2.26. The standard InChI is InChI=1S/C16H27NO2/c1-12-9-13(2)15(14(3)10-12)19-8-6-7-16(4,11-18)17-5/h9-10,17-18H,6-8,11H2,1-5H3. The van der Waals surface area contributed by atoms with Gasteiger partial charge in [0.25, 0.3) is 0 Å². The highest BCUT2D eigenvalue weighted by Crippen LogP contribution is 2.25. The zero-order valence-electron chi connectivity index (χ0n) is 12.8. The van der Waals surface area contributed by atoms with Crippen LogP contribution in [0.4, 0.5) is 0 Å². The van der Waals surface area contributed by atoms with Crippen LogP contribution >= 0.6 is 0 Å². The molecular weight excluding hydrogens is 238 g/mol. The first-order valence-electron chi connectivity index (χ1n) is 6.92. The fraction of sp³-hybridized carbons (Fsp3) is 0.625. The van der Waals surface area contributed by atoms with Crippen molar-refractivity contribution in [1.29, 1.82) is 0 Å². The van der Waals surface area contributed by atoms with Gasteiger partial charge in [0.1, 0.15) is 5.75 Å². The molecular formula is C16H27NO2. The van der Waals surface area contributed by atoms with Gasteiger partial charge in [0, 0.05) is 5.54 Å². The molecule has 0 fully saturated rings. The number of hydrogen-bond donors (Lipinski definition) is 2. The Morgan fingerprint density at radius 2 is 1.79 bits per heavy atom. The van der Waals surface area contributed by atoms with Crippen LogP contribution in [0.2, 0.25) is 0 Å². The summed E-state index contributed by atoms with van der Waals surface area (Å²) in [6.45, 7) is 9.12. The van der Waals surface area contributed by atoms with E-state index < -0.39 is 0 Å². The lowest BCUT2D eigenvalue weighted by molar-refractivity contribution is 0.163. The number of aliphatic hydroxyl groups is 1. The first kappa shape index (κ1) is 16.0. The second-order valence-corrected chi connectivity index (χ2v) is 5.65. The van der Waals surface area contributed by atoms with Gasteiger partial charge < -0.3 is 15.2 Å². The Kier molecular flexibility index (Phi) is 5.83. The van der Waals surface area contributed by atoms with E-state index in [2.05, 4.69) is 38.2 Å². The molecule has 0 aromatic heterocycles. The molecule has 3 heteroatoms. The summed E-state index contributed by atoms with van der Waals surface area (Å²) in [6.07, 6.45) is 1.81. The monoisotopic (exact) mass is 265 g/mol. The molecule has 108 valence electrons. The highest BCUT2D eigenvalue weighted by molar-refractivity contribution is 5.42. The second-order valence-electron chi connectivity index (χ2n) is 5.65. The lowest BCUT2D eigenvalue weighted by atomic mass is 9.97. The molecule has 1 aromatic carbocycles. The Labute approximate surface area is 117 Å². The van der Waals surface area contributed by atoms with Crippen LogP contribution in [0.1, 0.15) is 36.5 Å². The summed E-state index contributed by atoms with van der Waals surface area (Å²) < 4.78 is 5.90. The SMILES string of the molecule is CNC(C)(CO)CCCOc1c(C)cc(C)cc1C. The van der Waals surface area contributed by atoms with Gasteiger partial charge in [0.05, 0.1) is 13.2 Å². The molecule has 0 aliphatic rings. The van der Waals surface area contributed by atoms with Gasteiger partial charge in [-0.1, -0.05) is 17.7 Å². The van der Waals surface area contributed by atoms with E-state index in [0.717, 1.165) is 18.6 Å². The smallest absolute Gasteiger partial charge is 0.125 e. The van der Waals surface area contributed by atoms with Crippen molar-refractivity contribution in [2.45, 2.75) is 46.1 Å². The number of ether oxygens (including phenoxy) is 1. The third kappa shape index (κ3) is 4.51. The van der Waals surface area contributed by atoms with Gasteiger partial charge in [-0.25, -0.2) is 0 Å². The van der Waals surface area contributed by atoms with Crippen LogP contribution in [0.15, 0.2) is 12.1 Å². The molecule has 0 heterocycles. The molecule has 0 bridgehead atoms. The van der Waals surface area contributed by atoms with E-state index in [-0.39, 0.29) is 12.1 Å². The Hall–Kier alpha value is -1.06. The third-order valence-corrected chi connectivity index (χ3v) is 3.68. The van der Waals surface area contributed by atoms with Crippen LogP contribution in [0.3, 0.4) is 0 Å². The quantitative estimate of drug-likeness (QED) is 0.745. The summed E-state index contributed by atoms with van der Waals surface area (Å²) in [4.78, 5) is 0. The van der Waals surface area contributed by atoms with Crippen molar-refractivity contribution in [3.63, 3.8) is 0 Å². The van der Waals surface area contributed by atoms with Crippen LogP contribution in [0, 0.1) is 20.8 Å². The minimum atomic E-state index is -0.208. The number of nitrogens with one attached hydrogen (secondary N) is 1. The van der Waals surface area contributed by atoms with Gasteiger partial charge in [-0.3, -0.25) is 0 Å². The number of aryl methyl sites for hydroxylation is 3. The van der Waals surface area contributed by atoms with Gasteiger partial charge in [-0.2, -0.15) is 0 Å². The average Bonchev–Trinajstić information content (AvgIpc) is 2.36. The van der Waals surface area contributed by atoms with E-state index in [1.807, 2.05) is 14.0 Å². The molecule has 0 spiro atoms. The molecule has 2 N–H and O–H groups in total. The van der Waals surface area contributed by atoms with Crippen molar-refractivity contribution in [1.82, 2.24) is 5.32 Å². The van der Waals surface area contributed by atoms with Gasteiger partial charge >= 0.3 is 0 Å². The zero-order chi connectivity index (χ0) is 14.5. The first-order valence-corrected chi connectivity index (χ1v) is 6.92. The number of likely N-dealkylation sites (N-methyl/N-ethyl adjacent to an activating group) is 1. The number of benzene rings is 1. The van der Waals surface area contributed by atoms with Crippen LogP contribution in [-0.4, -0.2) is 30.9 Å². The number of rotatable bonds is 7. The second kappa shape index (κ2) is 6.92. The summed E-state index contributed by atoms with van der Waals surface area (Å²) in [5.41, 5.74) is 3.44. The molecule has 0 saturated heterocycles. The maximum absolute atomic E-state index is 9.32. The normalized spacial score (nSPS) is 14.2. The molecule has 19 heavy (non-hydrogen) atoms. The van der Waals surface area contributed by atoms with Crippen LogP contribution < -0.4 is 10.1 Å². The maximum Gasteiger partial charge on any atom is 0.125 e. The minimum Gasteiger partial charge on any atom is -0.493 e.